The Morgan fingerprint density at radius 2 is 2.12 bits per heavy atom. The number of thioether (sulfide) groups is 1. The van der Waals surface area contributed by atoms with Crippen LogP contribution < -0.4 is 0 Å². The maximum absolute atomic E-state index is 12.8. The zero-order valence-corrected chi connectivity index (χ0v) is 17.4. The second-order valence-electron chi connectivity index (χ2n) is 6.84. The molecule has 26 heavy (non-hydrogen) atoms. The topological polar surface area (TPSA) is 92.7 Å². The van der Waals surface area contributed by atoms with Gasteiger partial charge in [0.25, 0.3) is 0 Å². The lowest BCUT2D eigenvalue weighted by Gasteiger charge is -2.36. The highest BCUT2D eigenvalue weighted by Crippen LogP contribution is 2.47. The highest BCUT2D eigenvalue weighted by Gasteiger charge is 2.48. The number of rotatable bonds is 3. The van der Waals surface area contributed by atoms with Crippen molar-refractivity contribution in [2.75, 3.05) is 6.26 Å². The van der Waals surface area contributed by atoms with E-state index in [4.69, 9.17) is 9.93 Å². The smallest absolute Gasteiger partial charge is 0.183 e. The van der Waals surface area contributed by atoms with E-state index in [1.54, 1.807) is 6.20 Å². The predicted molar refractivity (Wildman–Crippen MR) is 108 cm³/mol. The first-order valence-corrected chi connectivity index (χ1v) is 11.1. The molecular weight excluding hydrogens is 463 g/mol. The van der Waals surface area contributed by atoms with E-state index < -0.39 is 5.41 Å². The highest BCUT2D eigenvalue weighted by molar-refractivity contribution is 14.1. The summed E-state index contributed by atoms with van der Waals surface area (Å²) >= 11 is 3.45. The molecule has 2 heterocycles. The number of halogens is 1. The maximum atomic E-state index is 12.8. The third kappa shape index (κ3) is 2.81. The highest BCUT2D eigenvalue weighted by atomic mass is 127. The van der Waals surface area contributed by atoms with Gasteiger partial charge in [0, 0.05) is 18.2 Å². The van der Waals surface area contributed by atoms with Crippen LogP contribution in [0.4, 0.5) is 0 Å². The minimum absolute atomic E-state index is 0.298. The van der Waals surface area contributed by atoms with Crippen LogP contribution in [0.2, 0.25) is 0 Å². The first kappa shape index (κ1) is 18.1. The van der Waals surface area contributed by atoms with Crippen LogP contribution in [0.1, 0.15) is 55.4 Å². The summed E-state index contributed by atoms with van der Waals surface area (Å²) in [6, 6.07) is 0. The number of hydrogen-bond donors (Lipinski definition) is 1. The summed E-state index contributed by atoms with van der Waals surface area (Å²) in [5.74, 6) is 1.57. The van der Waals surface area contributed by atoms with Crippen molar-refractivity contribution in [1.29, 1.82) is 5.41 Å². The van der Waals surface area contributed by atoms with E-state index in [2.05, 4.69) is 15.1 Å². The molecule has 0 saturated heterocycles. The van der Waals surface area contributed by atoms with Gasteiger partial charge < -0.3 is 4.52 Å². The number of fused-ring (bicyclic) bond motifs is 2. The van der Waals surface area contributed by atoms with Crippen molar-refractivity contribution in [2.24, 2.45) is 0 Å². The van der Waals surface area contributed by atoms with Crippen LogP contribution in [0.25, 0.3) is 11.5 Å². The quantitative estimate of drug-likeness (QED) is 0.303. The number of carbonyl (C=O) groups is 1. The molecular formula is C18H19IN4O2S. The van der Waals surface area contributed by atoms with Crippen molar-refractivity contribution < 1.29 is 9.32 Å². The molecule has 0 radical (unpaired) electrons. The predicted octanol–water partition coefficient (Wildman–Crippen LogP) is 4.33. The first-order chi connectivity index (χ1) is 12.6. The zero-order chi connectivity index (χ0) is 18.3. The molecule has 4 rings (SSSR count). The zero-order valence-electron chi connectivity index (χ0n) is 14.5. The minimum atomic E-state index is -0.482. The molecule has 1 spiro atoms. The van der Waals surface area contributed by atoms with Gasteiger partial charge in [-0.05, 0) is 61.0 Å². The van der Waals surface area contributed by atoms with Crippen molar-refractivity contribution in [3.8, 4) is 11.5 Å². The van der Waals surface area contributed by atoms with E-state index in [0.29, 0.717) is 27.4 Å². The normalized spacial score (nSPS) is 22.5. The number of aromatic nitrogens is 3. The second kappa shape index (κ2) is 7.03. The Morgan fingerprint density at radius 1 is 1.31 bits per heavy atom. The molecule has 6 nitrogen and oxygen atoms in total. The fraction of sp³-hybridized carbons (Fsp3) is 0.500. The van der Waals surface area contributed by atoms with Gasteiger partial charge in [-0.25, -0.2) is 9.97 Å². The fourth-order valence-corrected chi connectivity index (χ4v) is 5.29. The lowest BCUT2D eigenvalue weighted by molar-refractivity contribution is -0.128. The number of nitrogens with zero attached hydrogens (tertiary/aromatic N) is 3. The molecule has 0 bridgehead atoms. The molecule has 2 aliphatic rings. The van der Waals surface area contributed by atoms with Crippen LogP contribution in [0.3, 0.4) is 0 Å². The van der Waals surface area contributed by atoms with Gasteiger partial charge in [0.2, 0.25) is 0 Å². The lowest BCUT2D eigenvalue weighted by atomic mass is 9.64. The summed E-state index contributed by atoms with van der Waals surface area (Å²) in [6.07, 6.45) is 9.78. The Hall–Kier alpha value is -1.29. The van der Waals surface area contributed by atoms with Crippen LogP contribution in [0, 0.1) is 5.41 Å². The first-order valence-electron chi connectivity index (χ1n) is 8.75. The Labute approximate surface area is 169 Å². The molecule has 0 amide bonds. The van der Waals surface area contributed by atoms with Crippen LogP contribution in [-0.2, 0) is 16.6 Å². The monoisotopic (exact) mass is 482 g/mol. The molecule has 0 aromatic carbocycles. The molecule has 0 aliphatic heterocycles. The van der Waals surface area contributed by atoms with Crippen molar-refractivity contribution in [1.82, 2.24) is 15.1 Å². The summed E-state index contributed by atoms with van der Waals surface area (Å²) in [4.78, 5) is 21.8. The van der Waals surface area contributed by atoms with E-state index in [1.807, 2.05) is 28.8 Å². The van der Waals surface area contributed by atoms with E-state index >= 15 is 0 Å². The van der Waals surface area contributed by atoms with E-state index in [1.165, 1.54) is 11.8 Å². The van der Waals surface area contributed by atoms with Crippen LogP contribution in [0.15, 0.2) is 15.7 Å². The summed E-state index contributed by atoms with van der Waals surface area (Å²) < 4.78 is 6.16. The molecule has 2 aliphatic carbocycles. The van der Waals surface area contributed by atoms with Crippen molar-refractivity contribution >= 4 is 43.9 Å². The van der Waals surface area contributed by atoms with Gasteiger partial charge in [-0.15, -0.1) is 11.8 Å². The summed E-state index contributed by atoms with van der Waals surface area (Å²) in [5.41, 5.74) is 1.89. The average molecular weight is 482 g/mol. The average Bonchev–Trinajstić information content (AvgIpc) is 3.09. The van der Waals surface area contributed by atoms with E-state index in [0.717, 1.165) is 60.4 Å². The van der Waals surface area contributed by atoms with E-state index in [-0.39, 0.29) is 0 Å². The molecule has 2 aromatic rings. The number of ketones is 1. The van der Waals surface area contributed by atoms with Gasteiger partial charge in [-0.1, -0.05) is 11.6 Å². The second-order valence-corrected chi connectivity index (χ2v) is 8.71. The van der Waals surface area contributed by atoms with Crippen molar-refractivity contribution in [3.63, 3.8) is 0 Å². The van der Waals surface area contributed by atoms with Crippen LogP contribution in [0.5, 0.6) is 0 Å². The Balaban J connectivity index is 1.80. The van der Waals surface area contributed by atoms with Gasteiger partial charge >= 0.3 is 0 Å². The molecule has 0 unspecified atom stereocenters. The summed E-state index contributed by atoms with van der Waals surface area (Å²) in [5, 5.41) is 12.9. The van der Waals surface area contributed by atoms with Gasteiger partial charge in [0.05, 0.1) is 11.0 Å². The summed E-state index contributed by atoms with van der Waals surface area (Å²) in [6.45, 7) is 0. The third-order valence-electron chi connectivity index (χ3n) is 5.44. The fourth-order valence-electron chi connectivity index (χ4n) is 4.16. The largest absolute Gasteiger partial charge is 0.359 e. The Morgan fingerprint density at radius 3 is 2.85 bits per heavy atom. The Bertz CT molecular complexity index is 897. The standard InChI is InChI=1S/C18H19IN4O2S/c1-26-17-11(15(19)20)9-21-16(22-17)13-10-5-4-8-18(14(10)25-23-13)7-3-2-6-12(18)24/h9,20H,2-8H2,1H3/t18-/m1/s1. The number of carbonyl (C=O) groups excluding carboxylic acids is 1. The summed E-state index contributed by atoms with van der Waals surface area (Å²) in [7, 11) is 0. The van der Waals surface area contributed by atoms with Crippen LogP contribution >= 0.6 is 34.4 Å². The molecule has 8 heteroatoms. The van der Waals surface area contributed by atoms with Gasteiger partial charge in [0.1, 0.15) is 14.5 Å². The lowest BCUT2D eigenvalue weighted by Crippen LogP contribution is -2.41. The number of nitrogens with one attached hydrogen (secondary N) is 1. The molecule has 1 fully saturated rings. The third-order valence-corrected chi connectivity index (χ3v) is 6.72. The van der Waals surface area contributed by atoms with Gasteiger partial charge in [-0.3, -0.25) is 10.2 Å². The molecule has 1 saturated carbocycles. The van der Waals surface area contributed by atoms with Crippen LogP contribution in [-0.4, -0.2) is 30.9 Å². The SMILES string of the molecule is CSc1nc(-c2noc3c2CCC[C@@]32CCCCC2=O)ncc1C(=N)I. The molecule has 136 valence electrons. The van der Waals surface area contributed by atoms with Crippen molar-refractivity contribution in [3.05, 3.63) is 23.1 Å². The number of Topliss-reactive ketones (excluding diaryl/α,β-unsaturated/α-hetero) is 1. The minimum Gasteiger partial charge on any atom is -0.359 e. The Kier molecular flexibility index (Phi) is 4.89. The van der Waals surface area contributed by atoms with Gasteiger partial charge in [-0.2, -0.15) is 0 Å². The van der Waals surface area contributed by atoms with Gasteiger partial charge in [0.15, 0.2) is 17.3 Å². The molecule has 1 N–H and O–H groups in total. The molecule has 1 atom stereocenters. The molecule has 2 aromatic heterocycles. The number of hydrogen-bond acceptors (Lipinski definition) is 7. The van der Waals surface area contributed by atoms with E-state index in [9.17, 15) is 4.79 Å². The van der Waals surface area contributed by atoms with Crippen molar-refractivity contribution in [2.45, 2.75) is 55.4 Å². The maximum Gasteiger partial charge on any atom is 0.183 e.